The molecule has 0 aliphatic rings. The van der Waals surface area contributed by atoms with Gasteiger partial charge in [-0.3, -0.25) is 0 Å². The van der Waals surface area contributed by atoms with E-state index >= 15 is 0 Å². The molecule has 0 radical (unpaired) electrons. The minimum atomic E-state index is 0.209. The molecule has 2 aromatic rings. The fourth-order valence-corrected chi connectivity index (χ4v) is 2.04. The van der Waals surface area contributed by atoms with E-state index in [1.807, 2.05) is 0 Å². The lowest BCUT2D eigenvalue weighted by Gasteiger charge is -2.14. The highest BCUT2D eigenvalue weighted by Gasteiger charge is 2.12. The van der Waals surface area contributed by atoms with Crippen molar-refractivity contribution in [2.45, 2.75) is 27.7 Å². The van der Waals surface area contributed by atoms with E-state index in [4.69, 9.17) is 5.73 Å². The van der Waals surface area contributed by atoms with Gasteiger partial charge in [0, 0.05) is 5.56 Å². The maximum absolute atomic E-state index is 5.59. The number of nitrogen functional groups attached to an aromatic ring is 1. The topological polar surface area (TPSA) is 64.7 Å². The molecule has 0 amide bonds. The van der Waals surface area contributed by atoms with Gasteiger partial charge in [0.05, 0.1) is 11.9 Å². The zero-order valence-corrected chi connectivity index (χ0v) is 10.6. The second kappa shape index (κ2) is 4.13. The fraction of sp³-hybridized carbons (Fsp3) is 0.308. The highest BCUT2D eigenvalue weighted by atomic mass is 15.2. The van der Waals surface area contributed by atoms with Gasteiger partial charge in [0.25, 0.3) is 0 Å². The summed E-state index contributed by atoms with van der Waals surface area (Å²) in [6, 6.07) is 2.19. The third-order valence-electron chi connectivity index (χ3n) is 3.20. The Morgan fingerprint density at radius 3 is 2.12 bits per heavy atom. The Morgan fingerprint density at radius 2 is 1.59 bits per heavy atom. The van der Waals surface area contributed by atoms with Crippen molar-refractivity contribution < 1.29 is 0 Å². The Balaban J connectivity index is 2.75. The summed E-state index contributed by atoms with van der Waals surface area (Å²) >= 11 is 0. The molecule has 1 heterocycles. The fourth-order valence-electron chi connectivity index (χ4n) is 2.04. The van der Waals surface area contributed by atoms with E-state index in [-0.39, 0.29) is 5.95 Å². The van der Waals surface area contributed by atoms with Crippen LogP contribution in [0.1, 0.15) is 22.3 Å². The Bertz CT molecular complexity index is 550. The van der Waals surface area contributed by atoms with Crippen LogP contribution < -0.4 is 5.73 Å². The van der Waals surface area contributed by atoms with Crippen LogP contribution in [0.5, 0.6) is 0 Å². The molecule has 0 aliphatic heterocycles. The molecular formula is C13H16N4. The molecule has 0 bridgehead atoms. The molecule has 0 saturated heterocycles. The first-order valence-corrected chi connectivity index (χ1v) is 5.53. The number of hydrogen-bond acceptors (Lipinski definition) is 4. The van der Waals surface area contributed by atoms with Gasteiger partial charge in [-0.05, 0) is 49.9 Å². The zero-order chi connectivity index (χ0) is 12.6. The quantitative estimate of drug-likeness (QED) is 0.813. The lowest BCUT2D eigenvalue weighted by atomic mass is 9.92. The van der Waals surface area contributed by atoms with Gasteiger partial charge in [-0.25, -0.2) is 4.98 Å². The van der Waals surface area contributed by atoms with Crippen LogP contribution in [-0.4, -0.2) is 15.2 Å². The van der Waals surface area contributed by atoms with Crippen LogP contribution in [0.3, 0.4) is 0 Å². The Kier molecular flexibility index (Phi) is 2.79. The van der Waals surface area contributed by atoms with Crippen LogP contribution in [0.4, 0.5) is 5.95 Å². The van der Waals surface area contributed by atoms with Crippen LogP contribution >= 0.6 is 0 Å². The normalized spacial score (nSPS) is 10.6. The Morgan fingerprint density at radius 1 is 1.00 bits per heavy atom. The van der Waals surface area contributed by atoms with Crippen molar-refractivity contribution in [3.8, 4) is 11.3 Å². The largest absolute Gasteiger partial charge is 0.366 e. The number of anilines is 1. The highest BCUT2D eigenvalue weighted by molar-refractivity contribution is 5.70. The first-order chi connectivity index (χ1) is 8.00. The van der Waals surface area contributed by atoms with Crippen molar-refractivity contribution in [2.75, 3.05) is 5.73 Å². The van der Waals surface area contributed by atoms with E-state index < -0.39 is 0 Å². The number of nitrogens with zero attached hydrogens (tertiary/aromatic N) is 3. The predicted molar refractivity (Wildman–Crippen MR) is 68.6 cm³/mol. The summed E-state index contributed by atoms with van der Waals surface area (Å²) in [7, 11) is 0. The Hall–Kier alpha value is -1.97. The number of aryl methyl sites for hydroxylation is 2. The number of aromatic nitrogens is 3. The summed E-state index contributed by atoms with van der Waals surface area (Å²) in [5, 5.41) is 7.55. The molecule has 2 N–H and O–H groups in total. The molecular weight excluding hydrogens is 212 g/mol. The number of benzene rings is 1. The van der Waals surface area contributed by atoms with Crippen molar-refractivity contribution in [2.24, 2.45) is 0 Å². The minimum Gasteiger partial charge on any atom is -0.366 e. The Labute approximate surface area is 101 Å². The summed E-state index contributed by atoms with van der Waals surface area (Å²) in [6.45, 7) is 8.39. The number of rotatable bonds is 1. The lowest BCUT2D eigenvalue weighted by molar-refractivity contribution is 0.987. The van der Waals surface area contributed by atoms with Crippen molar-refractivity contribution >= 4 is 5.95 Å². The molecule has 0 fully saturated rings. The first kappa shape index (κ1) is 11.5. The molecule has 0 spiro atoms. The summed E-state index contributed by atoms with van der Waals surface area (Å²) in [6.07, 6.45) is 1.66. The molecule has 4 heteroatoms. The van der Waals surface area contributed by atoms with Crippen LogP contribution in [0.15, 0.2) is 12.3 Å². The highest BCUT2D eigenvalue weighted by Crippen LogP contribution is 2.29. The first-order valence-electron chi connectivity index (χ1n) is 5.53. The molecule has 17 heavy (non-hydrogen) atoms. The molecule has 1 aromatic carbocycles. The van der Waals surface area contributed by atoms with E-state index in [0.717, 1.165) is 11.3 Å². The van der Waals surface area contributed by atoms with Crippen molar-refractivity contribution in [1.29, 1.82) is 0 Å². The third-order valence-corrected chi connectivity index (χ3v) is 3.20. The maximum atomic E-state index is 5.59. The molecule has 0 atom stereocenters. The van der Waals surface area contributed by atoms with Crippen molar-refractivity contribution in [3.63, 3.8) is 0 Å². The van der Waals surface area contributed by atoms with Gasteiger partial charge in [0.2, 0.25) is 5.95 Å². The number of hydrogen-bond donors (Lipinski definition) is 1. The number of nitrogens with two attached hydrogens (primary N) is 1. The molecule has 1 aromatic heterocycles. The van der Waals surface area contributed by atoms with Crippen molar-refractivity contribution in [3.05, 3.63) is 34.5 Å². The van der Waals surface area contributed by atoms with Gasteiger partial charge in [-0.2, -0.15) is 5.10 Å². The van der Waals surface area contributed by atoms with E-state index in [1.54, 1.807) is 6.20 Å². The SMILES string of the molecule is Cc1cc(C)c(C)c(-c2cnnc(N)n2)c1C. The van der Waals surface area contributed by atoms with Gasteiger partial charge in [-0.15, -0.1) is 5.10 Å². The van der Waals surface area contributed by atoms with E-state index in [1.165, 1.54) is 22.3 Å². The second-order valence-corrected chi connectivity index (χ2v) is 4.34. The van der Waals surface area contributed by atoms with Crippen molar-refractivity contribution in [1.82, 2.24) is 15.2 Å². The standard InChI is InChI=1S/C13H16N4/c1-7-5-8(2)10(4)12(9(7)3)11-6-15-17-13(14)16-11/h5-6H,1-4H3,(H2,14,16,17). The summed E-state index contributed by atoms with van der Waals surface area (Å²) in [5.41, 5.74) is 12.4. The molecule has 0 saturated carbocycles. The summed E-state index contributed by atoms with van der Waals surface area (Å²) < 4.78 is 0. The summed E-state index contributed by atoms with van der Waals surface area (Å²) in [4.78, 5) is 4.25. The van der Waals surface area contributed by atoms with Gasteiger partial charge in [0.15, 0.2) is 0 Å². The average Bonchev–Trinajstić information content (AvgIpc) is 2.27. The monoisotopic (exact) mass is 228 g/mol. The smallest absolute Gasteiger partial charge is 0.240 e. The average molecular weight is 228 g/mol. The van der Waals surface area contributed by atoms with E-state index in [9.17, 15) is 0 Å². The second-order valence-electron chi connectivity index (χ2n) is 4.34. The lowest BCUT2D eigenvalue weighted by Crippen LogP contribution is -2.01. The van der Waals surface area contributed by atoms with Crippen LogP contribution in [-0.2, 0) is 0 Å². The molecule has 88 valence electrons. The molecule has 2 rings (SSSR count). The third kappa shape index (κ3) is 1.98. The van der Waals surface area contributed by atoms with Gasteiger partial charge < -0.3 is 5.73 Å². The summed E-state index contributed by atoms with van der Waals surface area (Å²) in [5.74, 6) is 0.209. The molecule has 4 nitrogen and oxygen atoms in total. The molecule has 0 unspecified atom stereocenters. The van der Waals surface area contributed by atoms with Crippen LogP contribution in [0.25, 0.3) is 11.3 Å². The molecule has 0 aliphatic carbocycles. The van der Waals surface area contributed by atoms with Gasteiger partial charge >= 0.3 is 0 Å². The minimum absolute atomic E-state index is 0.209. The van der Waals surface area contributed by atoms with E-state index in [0.29, 0.717) is 0 Å². The maximum Gasteiger partial charge on any atom is 0.240 e. The van der Waals surface area contributed by atoms with Crippen LogP contribution in [0, 0.1) is 27.7 Å². The van der Waals surface area contributed by atoms with E-state index in [2.05, 4.69) is 48.9 Å². The van der Waals surface area contributed by atoms with Gasteiger partial charge in [0.1, 0.15) is 0 Å². The predicted octanol–water partition coefficient (Wildman–Crippen LogP) is 2.35. The zero-order valence-electron chi connectivity index (χ0n) is 10.6. The van der Waals surface area contributed by atoms with Crippen LogP contribution in [0.2, 0.25) is 0 Å². The van der Waals surface area contributed by atoms with Gasteiger partial charge in [-0.1, -0.05) is 6.07 Å².